The summed E-state index contributed by atoms with van der Waals surface area (Å²) in [6, 6.07) is 24.2. The smallest absolute Gasteiger partial charge is 0.254 e. The molecule has 0 aliphatic heterocycles. The van der Waals surface area contributed by atoms with Crippen LogP contribution < -0.4 is 0 Å². The number of benzene rings is 3. The van der Waals surface area contributed by atoms with Crippen molar-refractivity contribution in [2.45, 2.75) is 19.9 Å². The van der Waals surface area contributed by atoms with Crippen molar-refractivity contribution in [1.82, 2.24) is 14.3 Å². The van der Waals surface area contributed by atoms with Gasteiger partial charge in [-0.3, -0.25) is 9.20 Å². The summed E-state index contributed by atoms with van der Waals surface area (Å²) in [6.07, 6.45) is 2.68. The second-order valence-electron chi connectivity index (χ2n) is 8.34. The predicted octanol–water partition coefficient (Wildman–Crippen LogP) is 6.40. The Bertz CT molecular complexity index is 1410. The van der Waals surface area contributed by atoms with Crippen molar-refractivity contribution < 1.29 is 9.18 Å². The minimum atomic E-state index is -0.262. The predicted molar refractivity (Wildman–Crippen MR) is 135 cm³/mol. The van der Waals surface area contributed by atoms with Gasteiger partial charge in [0.1, 0.15) is 5.82 Å². The minimum Gasteiger partial charge on any atom is -0.334 e. The van der Waals surface area contributed by atoms with Crippen molar-refractivity contribution >= 4 is 22.2 Å². The van der Waals surface area contributed by atoms with E-state index in [1.54, 1.807) is 23.5 Å². The molecule has 0 atom stereocenters. The van der Waals surface area contributed by atoms with Crippen LogP contribution in [-0.2, 0) is 13.0 Å². The molecule has 0 fully saturated rings. The lowest BCUT2D eigenvalue weighted by molar-refractivity contribution is 0.0744. The summed E-state index contributed by atoms with van der Waals surface area (Å²) < 4.78 is 15.4. The first-order chi connectivity index (χ1) is 16.6. The summed E-state index contributed by atoms with van der Waals surface area (Å²) >= 11 is 1.57. The summed E-state index contributed by atoms with van der Waals surface area (Å²) in [5.41, 5.74) is 5.70. The molecule has 0 saturated heterocycles. The Balaban J connectivity index is 1.38. The monoisotopic (exact) mass is 469 g/mol. The van der Waals surface area contributed by atoms with Gasteiger partial charge in [-0.05, 0) is 48.9 Å². The highest BCUT2D eigenvalue weighted by Crippen LogP contribution is 2.24. The molecule has 0 bridgehead atoms. The van der Waals surface area contributed by atoms with Gasteiger partial charge in [0, 0.05) is 47.9 Å². The molecule has 1 amide bonds. The number of hydrogen-bond acceptors (Lipinski definition) is 3. The number of halogens is 1. The molecule has 5 aromatic rings. The number of rotatable bonds is 7. The number of aryl methyl sites for hydroxylation is 1. The molecule has 0 saturated carbocycles. The number of hydrogen-bond donors (Lipinski definition) is 0. The second kappa shape index (κ2) is 9.61. The molecule has 4 nitrogen and oxygen atoms in total. The van der Waals surface area contributed by atoms with Crippen LogP contribution >= 0.6 is 11.3 Å². The average molecular weight is 470 g/mol. The number of carbonyl (C=O) groups is 1. The fraction of sp³-hybridized carbons (Fsp3) is 0.143. The third-order valence-electron chi connectivity index (χ3n) is 5.86. The van der Waals surface area contributed by atoms with Crippen molar-refractivity contribution in [3.05, 3.63) is 119 Å². The Morgan fingerprint density at radius 2 is 1.74 bits per heavy atom. The van der Waals surface area contributed by atoms with Crippen molar-refractivity contribution in [3.63, 3.8) is 0 Å². The minimum absolute atomic E-state index is 0.0213. The van der Waals surface area contributed by atoms with Gasteiger partial charge in [-0.1, -0.05) is 48.0 Å². The van der Waals surface area contributed by atoms with Crippen LogP contribution in [0.25, 0.3) is 16.2 Å². The van der Waals surface area contributed by atoms with Gasteiger partial charge in [0.05, 0.1) is 5.69 Å². The number of imidazole rings is 1. The summed E-state index contributed by atoms with van der Waals surface area (Å²) in [6.45, 7) is 3.15. The van der Waals surface area contributed by atoms with Gasteiger partial charge in [-0.25, -0.2) is 9.37 Å². The quantitative estimate of drug-likeness (QED) is 0.277. The fourth-order valence-corrected chi connectivity index (χ4v) is 4.86. The van der Waals surface area contributed by atoms with E-state index in [2.05, 4.69) is 9.78 Å². The van der Waals surface area contributed by atoms with Gasteiger partial charge in [0.2, 0.25) is 0 Å². The van der Waals surface area contributed by atoms with Crippen LogP contribution in [0, 0.1) is 12.7 Å². The van der Waals surface area contributed by atoms with E-state index in [4.69, 9.17) is 4.98 Å². The Morgan fingerprint density at radius 1 is 1.00 bits per heavy atom. The topological polar surface area (TPSA) is 37.6 Å². The van der Waals surface area contributed by atoms with Gasteiger partial charge >= 0.3 is 0 Å². The van der Waals surface area contributed by atoms with E-state index in [0.29, 0.717) is 25.1 Å². The molecule has 0 aliphatic carbocycles. The van der Waals surface area contributed by atoms with Crippen molar-refractivity contribution in [2.24, 2.45) is 0 Å². The molecule has 2 heterocycles. The van der Waals surface area contributed by atoms with E-state index >= 15 is 0 Å². The molecule has 0 radical (unpaired) electrons. The second-order valence-corrected chi connectivity index (χ2v) is 9.18. The lowest BCUT2D eigenvalue weighted by Crippen LogP contribution is -2.32. The standard InChI is InChI=1S/C28H24FN3OS/c1-20-7-9-23(10-8-20)27(33)31(17-21-5-3-2-4-6-21)16-15-25-19-34-28-30-26(18-32(25)28)22-11-13-24(29)14-12-22/h2-14,18-19H,15-17H2,1H3. The third kappa shape index (κ3) is 4.77. The fourth-order valence-electron chi connectivity index (χ4n) is 3.95. The number of amides is 1. The molecule has 0 N–H and O–H groups in total. The summed E-state index contributed by atoms with van der Waals surface area (Å²) in [5, 5.41) is 2.09. The molecular weight excluding hydrogens is 445 g/mol. The maximum absolute atomic E-state index is 13.4. The zero-order chi connectivity index (χ0) is 23.5. The number of carbonyl (C=O) groups excluding carboxylic acids is 1. The number of nitrogens with zero attached hydrogens (tertiary/aromatic N) is 3. The normalized spacial score (nSPS) is 11.1. The summed E-state index contributed by atoms with van der Waals surface area (Å²) in [4.78, 5) is 20.9. The molecule has 2 aromatic heterocycles. The number of thiazole rings is 1. The van der Waals surface area contributed by atoms with E-state index in [1.807, 2.05) is 72.6 Å². The first-order valence-corrected chi connectivity index (χ1v) is 12.1. The average Bonchev–Trinajstić information content (AvgIpc) is 3.44. The first kappa shape index (κ1) is 22.0. The highest BCUT2D eigenvalue weighted by atomic mass is 32.1. The van der Waals surface area contributed by atoms with E-state index < -0.39 is 0 Å². The number of fused-ring (bicyclic) bond motifs is 1. The maximum Gasteiger partial charge on any atom is 0.254 e. The zero-order valence-corrected chi connectivity index (χ0v) is 19.6. The molecule has 34 heavy (non-hydrogen) atoms. The largest absolute Gasteiger partial charge is 0.334 e. The molecule has 0 aliphatic rings. The van der Waals surface area contributed by atoms with Gasteiger partial charge in [0.15, 0.2) is 4.96 Å². The van der Waals surface area contributed by atoms with Crippen LogP contribution in [0.15, 0.2) is 90.4 Å². The molecule has 170 valence electrons. The molecular formula is C28H24FN3OS. The van der Waals surface area contributed by atoms with Crippen molar-refractivity contribution in [2.75, 3.05) is 6.54 Å². The zero-order valence-electron chi connectivity index (χ0n) is 18.8. The Kier molecular flexibility index (Phi) is 6.23. The van der Waals surface area contributed by atoms with E-state index in [1.165, 1.54) is 12.1 Å². The van der Waals surface area contributed by atoms with Crippen LogP contribution in [0.4, 0.5) is 4.39 Å². The Morgan fingerprint density at radius 3 is 2.47 bits per heavy atom. The SMILES string of the molecule is Cc1ccc(C(=O)N(CCc2csc3nc(-c4ccc(F)cc4)cn23)Cc2ccccc2)cc1. The Hall–Kier alpha value is -3.77. The molecule has 5 rings (SSSR count). The van der Waals surface area contributed by atoms with Crippen LogP contribution in [0.1, 0.15) is 27.2 Å². The lowest BCUT2D eigenvalue weighted by Gasteiger charge is -2.23. The van der Waals surface area contributed by atoms with E-state index in [9.17, 15) is 9.18 Å². The number of aromatic nitrogens is 2. The van der Waals surface area contributed by atoms with Crippen LogP contribution in [0.5, 0.6) is 0 Å². The van der Waals surface area contributed by atoms with E-state index in [-0.39, 0.29) is 11.7 Å². The third-order valence-corrected chi connectivity index (χ3v) is 6.75. The van der Waals surface area contributed by atoms with Gasteiger partial charge in [-0.15, -0.1) is 11.3 Å². The molecule has 0 unspecified atom stereocenters. The lowest BCUT2D eigenvalue weighted by atomic mass is 10.1. The highest BCUT2D eigenvalue weighted by molar-refractivity contribution is 7.15. The summed E-state index contributed by atoms with van der Waals surface area (Å²) in [5.74, 6) is -0.241. The van der Waals surface area contributed by atoms with E-state index in [0.717, 1.165) is 33.0 Å². The van der Waals surface area contributed by atoms with Crippen LogP contribution in [-0.4, -0.2) is 26.7 Å². The van der Waals surface area contributed by atoms with Gasteiger partial charge in [-0.2, -0.15) is 0 Å². The molecule has 0 spiro atoms. The Labute approximate surface area is 201 Å². The van der Waals surface area contributed by atoms with Crippen LogP contribution in [0.2, 0.25) is 0 Å². The maximum atomic E-state index is 13.4. The van der Waals surface area contributed by atoms with Gasteiger partial charge < -0.3 is 4.90 Å². The first-order valence-electron chi connectivity index (χ1n) is 11.2. The van der Waals surface area contributed by atoms with Crippen LogP contribution in [0.3, 0.4) is 0 Å². The van der Waals surface area contributed by atoms with Crippen molar-refractivity contribution in [1.29, 1.82) is 0 Å². The van der Waals surface area contributed by atoms with Crippen molar-refractivity contribution in [3.8, 4) is 11.3 Å². The molecule has 6 heteroatoms. The van der Waals surface area contributed by atoms with Gasteiger partial charge in [0.25, 0.3) is 5.91 Å². The summed E-state index contributed by atoms with van der Waals surface area (Å²) in [7, 11) is 0. The highest BCUT2D eigenvalue weighted by Gasteiger charge is 2.18. The molecule has 3 aromatic carbocycles.